The molecule has 0 aromatic carbocycles. The first-order valence-electron chi connectivity index (χ1n) is 5.52. The maximum absolute atomic E-state index is 11.9. The highest BCUT2D eigenvalue weighted by atomic mass is 32.2. The number of carboxylic acid groups (broad SMARTS) is 1. The summed E-state index contributed by atoms with van der Waals surface area (Å²) in [5.74, 6) is -1.02. The molecule has 1 saturated carbocycles. The number of nitrogens with one attached hydrogen (secondary N) is 2. The Morgan fingerprint density at radius 1 is 1.41 bits per heavy atom. The standard InChI is InChI=1S/C10H14N2O4S/c13-7(6-5-17-9(16)11-6)12-10(8(14)15)3-1-2-4-10/h6H,1-5H2,(H,11,16)(H,12,13)(H,14,15). The Kier molecular flexibility index (Phi) is 3.28. The first-order valence-corrected chi connectivity index (χ1v) is 6.51. The van der Waals surface area contributed by atoms with Crippen molar-refractivity contribution in [3.63, 3.8) is 0 Å². The van der Waals surface area contributed by atoms with Crippen LogP contribution in [-0.2, 0) is 9.59 Å². The second-order valence-electron chi connectivity index (χ2n) is 4.38. The molecule has 1 aliphatic carbocycles. The monoisotopic (exact) mass is 258 g/mol. The summed E-state index contributed by atoms with van der Waals surface area (Å²) in [6.07, 6.45) is 2.53. The van der Waals surface area contributed by atoms with Gasteiger partial charge in [-0.25, -0.2) is 4.79 Å². The van der Waals surface area contributed by atoms with Gasteiger partial charge >= 0.3 is 5.97 Å². The third kappa shape index (κ3) is 2.38. The molecule has 2 fully saturated rings. The lowest BCUT2D eigenvalue weighted by molar-refractivity contribution is -0.147. The molecule has 0 bridgehead atoms. The van der Waals surface area contributed by atoms with Gasteiger partial charge in [0.25, 0.3) is 5.24 Å². The van der Waals surface area contributed by atoms with Gasteiger partial charge in [-0.15, -0.1) is 0 Å². The van der Waals surface area contributed by atoms with E-state index in [2.05, 4.69) is 10.6 Å². The van der Waals surface area contributed by atoms with Crippen LogP contribution >= 0.6 is 11.8 Å². The number of amides is 2. The Hall–Kier alpha value is -1.24. The van der Waals surface area contributed by atoms with E-state index >= 15 is 0 Å². The number of hydrogen-bond donors (Lipinski definition) is 3. The predicted molar refractivity (Wildman–Crippen MR) is 61.8 cm³/mol. The highest BCUT2D eigenvalue weighted by molar-refractivity contribution is 8.14. The quantitative estimate of drug-likeness (QED) is 0.678. The van der Waals surface area contributed by atoms with E-state index in [-0.39, 0.29) is 5.24 Å². The molecule has 1 heterocycles. The van der Waals surface area contributed by atoms with Gasteiger partial charge in [-0.2, -0.15) is 0 Å². The zero-order chi connectivity index (χ0) is 12.5. The molecule has 7 heteroatoms. The topological polar surface area (TPSA) is 95.5 Å². The second kappa shape index (κ2) is 4.56. The van der Waals surface area contributed by atoms with E-state index in [1.807, 2.05) is 0 Å². The highest BCUT2D eigenvalue weighted by Gasteiger charge is 2.44. The first kappa shape index (κ1) is 12.2. The summed E-state index contributed by atoms with van der Waals surface area (Å²) in [5.41, 5.74) is -1.13. The van der Waals surface area contributed by atoms with Gasteiger partial charge in [-0.3, -0.25) is 9.59 Å². The molecule has 0 aromatic rings. The van der Waals surface area contributed by atoms with Crippen molar-refractivity contribution in [3.05, 3.63) is 0 Å². The molecule has 2 amide bonds. The molecule has 1 aliphatic heterocycles. The number of aliphatic carboxylic acids is 1. The fourth-order valence-electron chi connectivity index (χ4n) is 2.22. The number of rotatable bonds is 3. The van der Waals surface area contributed by atoms with E-state index in [9.17, 15) is 19.5 Å². The maximum Gasteiger partial charge on any atom is 0.329 e. The molecule has 17 heavy (non-hydrogen) atoms. The van der Waals surface area contributed by atoms with Crippen molar-refractivity contribution >= 4 is 28.9 Å². The molecular formula is C10H14N2O4S. The van der Waals surface area contributed by atoms with Crippen LogP contribution in [-0.4, -0.2) is 39.6 Å². The van der Waals surface area contributed by atoms with Gasteiger partial charge in [0.2, 0.25) is 5.91 Å². The molecule has 1 unspecified atom stereocenters. The summed E-state index contributed by atoms with van der Waals surface area (Å²) < 4.78 is 0. The number of carbonyl (C=O) groups is 3. The van der Waals surface area contributed by atoms with Crippen molar-refractivity contribution in [3.8, 4) is 0 Å². The van der Waals surface area contributed by atoms with E-state index in [1.54, 1.807) is 0 Å². The Balaban J connectivity index is 2.01. The average Bonchev–Trinajstić information content (AvgIpc) is 2.87. The molecule has 2 rings (SSSR count). The van der Waals surface area contributed by atoms with E-state index in [4.69, 9.17) is 0 Å². The third-order valence-corrected chi connectivity index (χ3v) is 4.10. The lowest BCUT2D eigenvalue weighted by atomic mass is 9.97. The highest BCUT2D eigenvalue weighted by Crippen LogP contribution is 2.30. The van der Waals surface area contributed by atoms with Crippen molar-refractivity contribution in [1.29, 1.82) is 0 Å². The van der Waals surface area contributed by atoms with Crippen LogP contribution < -0.4 is 10.6 Å². The minimum atomic E-state index is -1.13. The number of carboxylic acids is 1. The summed E-state index contributed by atoms with van der Waals surface area (Å²) in [6.45, 7) is 0. The van der Waals surface area contributed by atoms with Crippen molar-refractivity contribution in [2.75, 3.05) is 5.75 Å². The lowest BCUT2D eigenvalue weighted by Crippen LogP contribution is -2.57. The summed E-state index contributed by atoms with van der Waals surface area (Å²) >= 11 is 1.04. The van der Waals surface area contributed by atoms with Gasteiger partial charge in [-0.1, -0.05) is 24.6 Å². The zero-order valence-corrected chi connectivity index (χ0v) is 10.0. The molecular weight excluding hydrogens is 244 g/mol. The third-order valence-electron chi connectivity index (χ3n) is 3.22. The summed E-state index contributed by atoms with van der Waals surface area (Å²) in [6, 6.07) is -0.607. The lowest BCUT2D eigenvalue weighted by Gasteiger charge is -2.26. The molecule has 1 saturated heterocycles. The van der Waals surface area contributed by atoms with Crippen molar-refractivity contribution in [1.82, 2.24) is 10.6 Å². The van der Waals surface area contributed by atoms with Crippen LogP contribution in [0.2, 0.25) is 0 Å². The Labute approximate surface area is 103 Å². The summed E-state index contributed by atoms with van der Waals surface area (Å²) in [7, 11) is 0. The van der Waals surface area contributed by atoms with E-state index < -0.39 is 23.5 Å². The van der Waals surface area contributed by atoms with Gasteiger partial charge in [0.05, 0.1) is 0 Å². The van der Waals surface area contributed by atoms with E-state index in [0.29, 0.717) is 18.6 Å². The summed E-state index contributed by atoms with van der Waals surface area (Å²) in [5, 5.41) is 14.1. The molecule has 1 atom stereocenters. The molecule has 6 nitrogen and oxygen atoms in total. The van der Waals surface area contributed by atoms with E-state index in [0.717, 1.165) is 24.6 Å². The second-order valence-corrected chi connectivity index (χ2v) is 5.37. The van der Waals surface area contributed by atoms with Crippen LogP contribution in [0.4, 0.5) is 4.79 Å². The zero-order valence-electron chi connectivity index (χ0n) is 9.19. The van der Waals surface area contributed by atoms with Crippen LogP contribution in [0, 0.1) is 0 Å². The van der Waals surface area contributed by atoms with E-state index in [1.165, 1.54) is 0 Å². The largest absolute Gasteiger partial charge is 0.480 e. The van der Waals surface area contributed by atoms with Crippen LogP contribution in [0.1, 0.15) is 25.7 Å². The normalized spacial score (nSPS) is 26.6. The van der Waals surface area contributed by atoms with Crippen molar-refractivity contribution in [2.45, 2.75) is 37.3 Å². The molecule has 0 aromatic heterocycles. The van der Waals surface area contributed by atoms with Crippen LogP contribution in [0.5, 0.6) is 0 Å². The van der Waals surface area contributed by atoms with Gasteiger partial charge in [0.1, 0.15) is 11.6 Å². The fraction of sp³-hybridized carbons (Fsp3) is 0.700. The molecule has 94 valence electrons. The maximum atomic E-state index is 11.9. The van der Waals surface area contributed by atoms with Gasteiger partial charge in [0.15, 0.2) is 0 Å². The number of thioether (sulfide) groups is 1. The predicted octanol–water partition coefficient (Wildman–Crippen LogP) is 0.325. The Morgan fingerprint density at radius 2 is 2.06 bits per heavy atom. The first-order chi connectivity index (χ1) is 8.03. The molecule has 2 aliphatic rings. The average molecular weight is 258 g/mol. The number of hydrogen-bond acceptors (Lipinski definition) is 4. The van der Waals surface area contributed by atoms with Gasteiger partial charge in [-0.05, 0) is 12.8 Å². The minimum absolute atomic E-state index is 0.235. The van der Waals surface area contributed by atoms with Crippen LogP contribution in [0.25, 0.3) is 0 Å². The number of carbonyl (C=O) groups excluding carboxylic acids is 2. The Morgan fingerprint density at radius 3 is 2.53 bits per heavy atom. The van der Waals surface area contributed by atoms with Crippen molar-refractivity contribution < 1.29 is 19.5 Å². The minimum Gasteiger partial charge on any atom is -0.480 e. The molecule has 0 spiro atoms. The summed E-state index contributed by atoms with van der Waals surface area (Å²) in [4.78, 5) is 34.0. The molecule has 3 N–H and O–H groups in total. The van der Waals surface area contributed by atoms with Gasteiger partial charge in [0, 0.05) is 5.75 Å². The van der Waals surface area contributed by atoms with Crippen molar-refractivity contribution in [2.24, 2.45) is 0 Å². The van der Waals surface area contributed by atoms with Gasteiger partial charge < -0.3 is 15.7 Å². The van der Waals surface area contributed by atoms with Crippen LogP contribution in [0.15, 0.2) is 0 Å². The Bertz CT molecular complexity index is 365. The smallest absolute Gasteiger partial charge is 0.329 e. The van der Waals surface area contributed by atoms with Crippen LogP contribution in [0.3, 0.4) is 0 Å². The fourth-order valence-corrected chi connectivity index (χ4v) is 3.00. The SMILES string of the molecule is O=C1NC(C(=O)NC2(C(=O)O)CCCC2)CS1. The molecule has 0 radical (unpaired) electrons.